The molecule has 6 nitrogen and oxygen atoms in total. The van der Waals surface area contributed by atoms with Crippen LogP contribution in [0.1, 0.15) is 32.8 Å². The first-order valence-electron chi connectivity index (χ1n) is 9.77. The molecule has 0 radical (unpaired) electrons. The van der Waals surface area contributed by atoms with Gasteiger partial charge in [-0.1, -0.05) is 12.1 Å². The van der Waals surface area contributed by atoms with Crippen molar-refractivity contribution in [3.63, 3.8) is 0 Å². The van der Waals surface area contributed by atoms with Crippen LogP contribution < -0.4 is 0 Å². The summed E-state index contributed by atoms with van der Waals surface area (Å²) < 4.78 is 14.0. The molecule has 5 rings (SSSR count). The Morgan fingerprint density at radius 1 is 1.31 bits per heavy atom. The second-order valence-corrected chi connectivity index (χ2v) is 8.97. The van der Waals surface area contributed by atoms with Gasteiger partial charge in [0.2, 0.25) is 0 Å². The molecule has 0 unspecified atom stereocenters. The van der Waals surface area contributed by atoms with Crippen molar-refractivity contribution < 1.29 is 9.18 Å². The van der Waals surface area contributed by atoms with E-state index >= 15 is 0 Å². The van der Waals surface area contributed by atoms with E-state index in [4.69, 9.17) is 0 Å². The maximum absolute atomic E-state index is 14.0. The van der Waals surface area contributed by atoms with Crippen molar-refractivity contribution in [2.45, 2.75) is 19.5 Å². The number of nitrogens with one attached hydrogen (secondary N) is 1. The molecule has 29 heavy (non-hydrogen) atoms. The summed E-state index contributed by atoms with van der Waals surface area (Å²) in [6.45, 7) is 5.15. The highest BCUT2D eigenvalue weighted by molar-refractivity contribution is 7.09. The summed E-state index contributed by atoms with van der Waals surface area (Å²) in [5, 5.41) is 9.74. The minimum atomic E-state index is -0.268. The summed E-state index contributed by atoms with van der Waals surface area (Å²) in [6.07, 6.45) is 1.76. The van der Waals surface area contributed by atoms with Crippen molar-refractivity contribution in [3.05, 3.63) is 69.7 Å². The SMILES string of the molecule is Cc1nc(C(=O)N2C[C@@H]3CN(Cc4ccn[nH]4)C[C@@H]3[C@H]2c2cccc(F)c2)cs1. The van der Waals surface area contributed by atoms with E-state index < -0.39 is 0 Å². The standard InChI is InChI=1S/C21H22FN5OS/c1-13-24-19(12-29-13)21(28)27-9-15-8-26(10-17-5-6-23-25-17)11-18(15)20(27)14-3-2-4-16(22)7-14/h2-7,12,15,18,20H,8-11H2,1H3,(H,23,25)/t15-,18-,20+/m0/s1. The number of halogens is 1. The van der Waals surface area contributed by atoms with Crippen molar-refractivity contribution in [2.75, 3.05) is 19.6 Å². The Labute approximate surface area is 172 Å². The second-order valence-electron chi connectivity index (χ2n) is 7.91. The molecule has 4 heterocycles. The molecule has 0 saturated carbocycles. The lowest BCUT2D eigenvalue weighted by atomic mass is 9.89. The van der Waals surface area contributed by atoms with Gasteiger partial charge in [0.15, 0.2) is 0 Å². The first-order valence-corrected chi connectivity index (χ1v) is 10.7. The Bertz CT molecular complexity index is 1020. The molecule has 2 aliphatic heterocycles. The zero-order chi connectivity index (χ0) is 20.0. The third kappa shape index (κ3) is 3.47. The van der Waals surface area contributed by atoms with Gasteiger partial charge >= 0.3 is 0 Å². The quantitative estimate of drug-likeness (QED) is 0.716. The largest absolute Gasteiger partial charge is 0.330 e. The topological polar surface area (TPSA) is 65.1 Å². The number of fused-ring (bicyclic) bond motifs is 1. The van der Waals surface area contributed by atoms with E-state index in [1.807, 2.05) is 29.3 Å². The fourth-order valence-corrected chi connectivity index (χ4v) is 5.40. The maximum atomic E-state index is 14.0. The van der Waals surface area contributed by atoms with E-state index in [0.717, 1.165) is 35.9 Å². The molecule has 8 heteroatoms. The van der Waals surface area contributed by atoms with Crippen molar-refractivity contribution in [3.8, 4) is 0 Å². The Morgan fingerprint density at radius 3 is 2.93 bits per heavy atom. The lowest BCUT2D eigenvalue weighted by molar-refractivity contribution is 0.0694. The molecule has 0 bridgehead atoms. The fourth-order valence-electron chi connectivity index (χ4n) is 4.82. The van der Waals surface area contributed by atoms with E-state index in [-0.39, 0.29) is 23.7 Å². The zero-order valence-corrected chi connectivity index (χ0v) is 16.9. The zero-order valence-electron chi connectivity index (χ0n) is 16.1. The van der Waals surface area contributed by atoms with Gasteiger partial charge in [-0.15, -0.1) is 11.3 Å². The summed E-state index contributed by atoms with van der Waals surface area (Å²) in [5.74, 6) is 0.298. The lowest BCUT2D eigenvalue weighted by Crippen LogP contribution is -2.36. The van der Waals surface area contributed by atoms with Gasteiger partial charge in [-0.25, -0.2) is 9.37 Å². The van der Waals surface area contributed by atoms with E-state index in [0.29, 0.717) is 18.2 Å². The van der Waals surface area contributed by atoms with Crippen LogP contribution >= 0.6 is 11.3 Å². The average Bonchev–Trinajstić information content (AvgIpc) is 3.46. The monoisotopic (exact) mass is 411 g/mol. The van der Waals surface area contributed by atoms with Crippen LogP contribution in [0.3, 0.4) is 0 Å². The molecular formula is C21H22FN5OS. The number of carbonyl (C=O) groups excluding carboxylic acids is 1. The average molecular weight is 412 g/mol. The Hall–Kier alpha value is -2.58. The highest BCUT2D eigenvalue weighted by Gasteiger charge is 2.49. The fraction of sp³-hybridized carbons (Fsp3) is 0.381. The van der Waals surface area contributed by atoms with E-state index in [2.05, 4.69) is 20.1 Å². The lowest BCUT2D eigenvalue weighted by Gasteiger charge is -2.29. The number of aromatic amines is 1. The molecule has 3 atom stereocenters. The first-order chi connectivity index (χ1) is 14.1. The summed E-state index contributed by atoms with van der Waals surface area (Å²) in [7, 11) is 0. The summed E-state index contributed by atoms with van der Waals surface area (Å²) in [6, 6.07) is 8.52. The third-order valence-corrected chi connectivity index (χ3v) is 6.75. The number of thiazole rings is 1. The van der Waals surface area contributed by atoms with Crippen molar-refractivity contribution in [1.29, 1.82) is 0 Å². The number of benzene rings is 1. The Kier molecular flexibility index (Phi) is 4.67. The molecule has 0 spiro atoms. The number of amides is 1. The predicted octanol–water partition coefficient (Wildman–Crippen LogP) is 3.26. The molecule has 2 fully saturated rings. The van der Waals surface area contributed by atoms with Crippen LogP contribution in [0.4, 0.5) is 4.39 Å². The molecule has 0 aliphatic carbocycles. The van der Waals surface area contributed by atoms with Crippen molar-refractivity contribution in [1.82, 2.24) is 25.0 Å². The smallest absolute Gasteiger partial charge is 0.273 e. The molecule has 2 saturated heterocycles. The molecule has 3 aromatic rings. The maximum Gasteiger partial charge on any atom is 0.273 e. The van der Waals surface area contributed by atoms with Crippen LogP contribution in [0.2, 0.25) is 0 Å². The summed E-state index contributed by atoms with van der Waals surface area (Å²) in [5.41, 5.74) is 2.43. The number of nitrogens with zero attached hydrogens (tertiary/aromatic N) is 4. The Morgan fingerprint density at radius 2 is 2.21 bits per heavy atom. The minimum absolute atomic E-state index is 0.0573. The number of H-pyrrole nitrogens is 1. The van der Waals surface area contributed by atoms with Crippen LogP contribution in [-0.4, -0.2) is 50.5 Å². The van der Waals surface area contributed by atoms with Crippen LogP contribution in [0.25, 0.3) is 0 Å². The molecule has 1 amide bonds. The number of aryl methyl sites for hydroxylation is 1. The number of aromatic nitrogens is 3. The normalized spacial score (nSPS) is 24.2. The summed E-state index contributed by atoms with van der Waals surface area (Å²) in [4.78, 5) is 21.9. The third-order valence-electron chi connectivity index (χ3n) is 5.98. The highest BCUT2D eigenvalue weighted by atomic mass is 32.1. The molecular weight excluding hydrogens is 389 g/mol. The van der Waals surface area contributed by atoms with Crippen molar-refractivity contribution >= 4 is 17.2 Å². The molecule has 2 aliphatic rings. The summed E-state index contributed by atoms with van der Waals surface area (Å²) >= 11 is 1.48. The molecule has 2 aromatic heterocycles. The number of hydrogen-bond acceptors (Lipinski definition) is 5. The van der Waals surface area contributed by atoms with Crippen molar-refractivity contribution in [2.24, 2.45) is 11.8 Å². The first kappa shape index (κ1) is 18.4. The van der Waals surface area contributed by atoms with Crippen LogP contribution in [0.5, 0.6) is 0 Å². The van der Waals surface area contributed by atoms with Gasteiger partial charge in [0.1, 0.15) is 11.5 Å². The number of rotatable bonds is 4. The van der Waals surface area contributed by atoms with Gasteiger partial charge in [-0.3, -0.25) is 14.8 Å². The Balaban J connectivity index is 1.43. The number of likely N-dealkylation sites (tertiary alicyclic amines) is 2. The van der Waals surface area contributed by atoms with Gasteiger partial charge in [0.05, 0.1) is 11.0 Å². The van der Waals surface area contributed by atoms with Crippen LogP contribution in [0, 0.1) is 24.6 Å². The van der Waals surface area contributed by atoms with Crippen LogP contribution in [0.15, 0.2) is 41.9 Å². The van der Waals surface area contributed by atoms with Gasteiger partial charge < -0.3 is 4.90 Å². The number of hydrogen-bond donors (Lipinski definition) is 1. The van der Waals surface area contributed by atoms with Crippen LogP contribution in [-0.2, 0) is 6.54 Å². The highest BCUT2D eigenvalue weighted by Crippen LogP contribution is 2.45. The minimum Gasteiger partial charge on any atom is -0.330 e. The van der Waals surface area contributed by atoms with E-state index in [9.17, 15) is 9.18 Å². The van der Waals surface area contributed by atoms with E-state index in [1.54, 1.807) is 18.3 Å². The van der Waals surface area contributed by atoms with Gasteiger partial charge in [-0.2, -0.15) is 5.10 Å². The van der Waals surface area contributed by atoms with Gasteiger partial charge in [-0.05, 0) is 36.6 Å². The molecule has 1 aromatic carbocycles. The van der Waals surface area contributed by atoms with Gasteiger partial charge in [0.25, 0.3) is 5.91 Å². The number of carbonyl (C=O) groups is 1. The predicted molar refractivity (Wildman–Crippen MR) is 108 cm³/mol. The molecule has 1 N–H and O–H groups in total. The molecule has 150 valence electrons. The van der Waals surface area contributed by atoms with Gasteiger partial charge in [0, 0.05) is 49.4 Å². The van der Waals surface area contributed by atoms with E-state index in [1.165, 1.54) is 17.4 Å². The second kappa shape index (κ2) is 7.35.